The molecule has 0 saturated carbocycles. The van der Waals surface area contributed by atoms with Gasteiger partial charge in [-0.2, -0.15) is 0 Å². The molecule has 0 N–H and O–H groups in total. The highest BCUT2D eigenvalue weighted by Gasteiger charge is 2.26. The quantitative estimate of drug-likeness (QED) is 0.837. The molecule has 21 heavy (non-hydrogen) atoms. The standard InChI is InChI=1S/C15H17N5O/c1-11-17-7-5-13(19-11)12-3-2-8-20(9-12)15(21)14-4-6-16-10-18-14/h4-7,10,12H,2-3,8-9H2,1H3. The molecule has 1 aliphatic rings. The van der Waals surface area contributed by atoms with E-state index in [4.69, 9.17) is 0 Å². The number of likely N-dealkylation sites (tertiary alicyclic amines) is 1. The van der Waals surface area contributed by atoms with E-state index in [0.717, 1.165) is 30.9 Å². The topological polar surface area (TPSA) is 71.9 Å². The largest absolute Gasteiger partial charge is 0.337 e. The maximum absolute atomic E-state index is 12.4. The molecule has 0 aromatic carbocycles. The second kappa shape index (κ2) is 5.95. The molecule has 1 saturated heterocycles. The van der Waals surface area contributed by atoms with Crippen LogP contribution in [0.3, 0.4) is 0 Å². The van der Waals surface area contributed by atoms with Crippen LogP contribution in [-0.4, -0.2) is 43.8 Å². The first kappa shape index (κ1) is 13.6. The normalized spacial score (nSPS) is 18.5. The zero-order chi connectivity index (χ0) is 14.7. The van der Waals surface area contributed by atoms with Gasteiger partial charge in [0.25, 0.3) is 5.91 Å². The number of hydrogen-bond donors (Lipinski definition) is 0. The predicted octanol–water partition coefficient (Wildman–Crippen LogP) is 1.59. The minimum absolute atomic E-state index is 0.0344. The zero-order valence-electron chi connectivity index (χ0n) is 11.9. The van der Waals surface area contributed by atoms with Gasteiger partial charge in [0.05, 0.1) is 0 Å². The molecule has 1 fully saturated rings. The molecule has 0 spiro atoms. The second-order valence-corrected chi connectivity index (χ2v) is 5.21. The average molecular weight is 283 g/mol. The lowest BCUT2D eigenvalue weighted by molar-refractivity contribution is 0.0699. The molecule has 1 aliphatic heterocycles. The van der Waals surface area contributed by atoms with E-state index in [1.165, 1.54) is 6.33 Å². The van der Waals surface area contributed by atoms with Gasteiger partial charge in [-0.25, -0.2) is 19.9 Å². The lowest BCUT2D eigenvalue weighted by Gasteiger charge is -2.32. The van der Waals surface area contributed by atoms with Crippen LogP contribution in [0, 0.1) is 6.92 Å². The fourth-order valence-corrected chi connectivity index (χ4v) is 2.68. The van der Waals surface area contributed by atoms with Crippen molar-refractivity contribution in [1.29, 1.82) is 0 Å². The minimum atomic E-state index is -0.0344. The molecule has 0 bridgehead atoms. The van der Waals surface area contributed by atoms with Gasteiger partial charge in [-0.3, -0.25) is 4.79 Å². The predicted molar refractivity (Wildman–Crippen MR) is 76.7 cm³/mol. The van der Waals surface area contributed by atoms with Crippen molar-refractivity contribution in [3.8, 4) is 0 Å². The van der Waals surface area contributed by atoms with E-state index in [1.54, 1.807) is 18.5 Å². The number of aryl methyl sites for hydroxylation is 1. The van der Waals surface area contributed by atoms with E-state index in [-0.39, 0.29) is 11.8 Å². The van der Waals surface area contributed by atoms with Crippen LogP contribution in [0.25, 0.3) is 0 Å². The second-order valence-electron chi connectivity index (χ2n) is 5.21. The highest BCUT2D eigenvalue weighted by Crippen LogP contribution is 2.26. The summed E-state index contributed by atoms with van der Waals surface area (Å²) in [5, 5.41) is 0. The molecule has 0 radical (unpaired) electrons. The van der Waals surface area contributed by atoms with E-state index in [9.17, 15) is 4.79 Å². The van der Waals surface area contributed by atoms with E-state index in [1.807, 2.05) is 17.9 Å². The Kier molecular flexibility index (Phi) is 3.85. The Bertz CT molecular complexity index is 631. The van der Waals surface area contributed by atoms with Crippen LogP contribution >= 0.6 is 0 Å². The number of carbonyl (C=O) groups is 1. The van der Waals surface area contributed by atoms with Crippen LogP contribution in [0.1, 0.15) is 40.8 Å². The number of aromatic nitrogens is 4. The molecule has 3 rings (SSSR count). The van der Waals surface area contributed by atoms with Crippen molar-refractivity contribution in [3.63, 3.8) is 0 Å². The third-order valence-corrected chi connectivity index (χ3v) is 3.73. The summed E-state index contributed by atoms with van der Waals surface area (Å²) < 4.78 is 0. The zero-order valence-corrected chi connectivity index (χ0v) is 11.9. The summed E-state index contributed by atoms with van der Waals surface area (Å²) in [6.07, 6.45) is 6.80. The van der Waals surface area contributed by atoms with Crippen LogP contribution in [-0.2, 0) is 0 Å². The first-order valence-electron chi connectivity index (χ1n) is 7.09. The van der Waals surface area contributed by atoms with E-state index < -0.39 is 0 Å². The van der Waals surface area contributed by atoms with E-state index in [2.05, 4.69) is 19.9 Å². The summed E-state index contributed by atoms with van der Waals surface area (Å²) in [5.41, 5.74) is 1.47. The Morgan fingerprint density at radius 3 is 2.95 bits per heavy atom. The smallest absolute Gasteiger partial charge is 0.272 e. The van der Waals surface area contributed by atoms with Gasteiger partial charge in [0, 0.05) is 37.1 Å². The summed E-state index contributed by atoms with van der Waals surface area (Å²) in [6.45, 7) is 3.33. The molecule has 6 nitrogen and oxygen atoms in total. The van der Waals surface area contributed by atoms with Crippen molar-refractivity contribution >= 4 is 5.91 Å². The Balaban J connectivity index is 1.75. The summed E-state index contributed by atoms with van der Waals surface area (Å²) in [5.74, 6) is 1.01. The van der Waals surface area contributed by atoms with Gasteiger partial charge in [-0.1, -0.05) is 0 Å². The lowest BCUT2D eigenvalue weighted by atomic mass is 9.94. The molecule has 1 amide bonds. The number of hydrogen-bond acceptors (Lipinski definition) is 5. The summed E-state index contributed by atoms with van der Waals surface area (Å²) in [6, 6.07) is 3.59. The molecule has 1 atom stereocenters. The van der Waals surface area contributed by atoms with Crippen molar-refractivity contribution in [2.45, 2.75) is 25.7 Å². The molecule has 108 valence electrons. The van der Waals surface area contributed by atoms with Crippen LogP contribution < -0.4 is 0 Å². The molecule has 6 heteroatoms. The first-order chi connectivity index (χ1) is 10.2. The van der Waals surface area contributed by atoms with Crippen LogP contribution in [0.5, 0.6) is 0 Å². The highest BCUT2D eigenvalue weighted by molar-refractivity contribution is 5.92. The Morgan fingerprint density at radius 2 is 2.19 bits per heavy atom. The fourth-order valence-electron chi connectivity index (χ4n) is 2.68. The van der Waals surface area contributed by atoms with Crippen LogP contribution in [0.2, 0.25) is 0 Å². The Morgan fingerprint density at radius 1 is 1.29 bits per heavy atom. The van der Waals surface area contributed by atoms with Gasteiger partial charge in [0.2, 0.25) is 0 Å². The number of amides is 1. The molecule has 2 aromatic heterocycles. The Hall–Kier alpha value is -2.37. The summed E-state index contributed by atoms with van der Waals surface area (Å²) in [4.78, 5) is 30.8. The van der Waals surface area contributed by atoms with Crippen molar-refractivity contribution in [1.82, 2.24) is 24.8 Å². The summed E-state index contributed by atoms with van der Waals surface area (Å²) >= 11 is 0. The van der Waals surface area contributed by atoms with Crippen molar-refractivity contribution in [3.05, 3.63) is 48.1 Å². The van der Waals surface area contributed by atoms with Gasteiger partial charge < -0.3 is 4.90 Å². The van der Waals surface area contributed by atoms with E-state index >= 15 is 0 Å². The average Bonchev–Trinajstić information content (AvgIpc) is 2.55. The third-order valence-electron chi connectivity index (χ3n) is 3.73. The van der Waals surface area contributed by atoms with Crippen molar-refractivity contribution < 1.29 is 4.79 Å². The van der Waals surface area contributed by atoms with Crippen molar-refractivity contribution in [2.75, 3.05) is 13.1 Å². The monoisotopic (exact) mass is 283 g/mol. The molecule has 2 aromatic rings. The molecular weight excluding hydrogens is 266 g/mol. The number of piperidine rings is 1. The summed E-state index contributed by atoms with van der Waals surface area (Å²) in [7, 11) is 0. The maximum atomic E-state index is 12.4. The minimum Gasteiger partial charge on any atom is -0.337 e. The van der Waals surface area contributed by atoms with Gasteiger partial charge in [-0.05, 0) is 31.9 Å². The van der Waals surface area contributed by atoms with Gasteiger partial charge in [0.1, 0.15) is 17.8 Å². The van der Waals surface area contributed by atoms with Gasteiger partial charge in [0.15, 0.2) is 0 Å². The molecular formula is C15H17N5O. The number of rotatable bonds is 2. The number of nitrogens with zero attached hydrogens (tertiary/aromatic N) is 5. The SMILES string of the molecule is Cc1nccc(C2CCCN(C(=O)c3ccncn3)C2)n1. The van der Waals surface area contributed by atoms with Crippen LogP contribution in [0.15, 0.2) is 30.9 Å². The number of carbonyl (C=O) groups excluding carboxylic acids is 1. The fraction of sp³-hybridized carbons (Fsp3) is 0.400. The Labute approximate surface area is 123 Å². The van der Waals surface area contributed by atoms with Gasteiger partial charge in [-0.15, -0.1) is 0 Å². The lowest BCUT2D eigenvalue weighted by Crippen LogP contribution is -2.39. The van der Waals surface area contributed by atoms with Crippen molar-refractivity contribution in [2.24, 2.45) is 0 Å². The van der Waals surface area contributed by atoms with E-state index in [0.29, 0.717) is 12.2 Å². The first-order valence-corrected chi connectivity index (χ1v) is 7.09. The van der Waals surface area contributed by atoms with Gasteiger partial charge >= 0.3 is 0 Å². The van der Waals surface area contributed by atoms with Crippen LogP contribution in [0.4, 0.5) is 0 Å². The maximum Gasteiger partial charge on any atom is 0.272 e. The molecule has 1 unspecified atom stereocenters. The molecule has 0 aliphatic carbocycles. The third kappa shape index (κ3) is 3.04. The molecule has 3 heterocycles. The highest BCUT2D eigenvalue weighted by atomic mass is 16.2.